The van der Waals surface area contributed by atoms with Gasteiger partial charge in [0, 0.05) is 13.1 Å². The molecule has 0 aliphatic rings. The summed E-state index contributed by atoms with van der Waals surface area (Å²) >= 11 is 0. The molecule has 2 aromatic carbocycles. The van der Waals surface area contributed by atoms with Gasteiger partial charge in [0.1, 0.15) is 25.3 Å². The van der Waals surface area contributed by atoms with Gasteiger partial charge < -0.3 is 14.9 Å². The van der Waals surface area contributed by atoms with E-state index < -0.39 is 0 Å². The Labute approximate surface area is 129 Å². The van der Waals surface area contributed by atoms with Crippen molar-refractivity contribution in [2.75, 3.05) is 13.7 Å². The van der Waals surface area contributed by atoms with Gasteiger partial charge in [-0.25, -0.2) is 4.39 Å². The van der Waals surface area contributed by atoms with Crippen molar-refractivity contribution in [1.82, 2.24) is 5.32 Å². The predicted molar refractivity (Wildman–Crippen MR) is 84.4 cm³/mol. The summed E-state index contributed by atoms with van der Waals surface area (Å²) in [5.74, 6) is 0.508. The number of oxime groups is 1. The first kappa shape index (κ1) is 16.0. The van der Waals surface area contributed by atoms with E-state index in [9.17, 15) is 4.39 Å². The standard InChI is InChI=1S/C17H19FN2O2/c1-21-20-10-9-19-12-14-5-7-17(8-6-14)22-13-15-3-2-4-16(18)11-15/h2-8,10-11,19H,9,12-13H2,1H3/b20-10+. The molecule has 2 aromatic rings. The first-order valence-corrected chi connectivity index (χ1v) is 7.00. The van der Waals surface area contributed by atoms with Gasteiger partial charge in [-0.2, -0.15) is 0 Å². The minimum absolute atomic E-state index is 0.250. The summed E-state index contributed by atoms with van der Waals surface area (Å²) < 4.78 is 18.7. The molecule has 2 rings (SSSR count). The zero-order valence-corrected chi connectivity index (χ0v) is 12.5. The van der Waals surface area contributed by atoms with Crippen molar-refractivity contribution < 1.29 is 14.0 Å². The monoisotopic (exact) mass is 302 g/mol. The summed E-state index contributed by atoms with van der Waals surface area (Å²) in [6, 6.07) is 14.2. The molecule has 0 aliphatic heterocycles. The van der Waals surface area contributed by atoms with E-state index in [1.165, 1.54) is 19.2 Å². The van der Waals surface area contributed by atoms with Crippen molar-refractivity contribution in [2.45, 2.75) is 13.2 Å². The van der Waals surface area contributed by atoms with Crippen LogP contribution in [0.5, 0.6) is 5.75 Å². The molecule has 0 heterocycles. The van der Waals surface area contributed by atoms with Gasteiger partial charge in [-0.3, -0.25) is 0 Å². The highest BCUT2D eigenvalue weighted by atomic mass is 19.1. The molecule has 0 aliphatic carbocycles. The molecule has 0 amide bonds. The molecule has 1 N–H and O–H groups in total. The van der Waals surface area contributed by atoms with E-state index in [1.807, 2.05) is 30.3 Å². The highest BCUT2D eigenvalue weighted by molar-refractivity contribution is 5.58. The van der Waals surface area contributed by atoms with Crippen LogP contribution >= 0.6 is 0 Å². The lowest BCUT2D eigenvalue weighted by Gasteiger charge is -2.08. The molecule has 116 valence electrons. The van der Waals surface area contributed by atoms with Gasteiger partial charge in [0.25, 0.3) is 0 Å². The summed E-state index contributed by atoms with van der Waals surface area (Å²) in [7, 11) is 1.51. The maximum Gasteiger partial charge on any atom is 0.123 e. The molecule has 0 unspecified atom stereocenters. The number of benzene rings is 2. The van der Waals surface area contributed by atoms with Crippen LogP contribution in [0.2, 0.25) is 0 Å². The van der Waals surface area contributed by atoms with Crippen molar-refractivity contribution in [1.29, 1.82) is 0 Å². The van der Waals surface area contributed by atoms with Gasteiger partial charge >= 0.3 is 0 Å². The quantitative estimate of drug-likeness (QED) is 0.463. The smallest absolute Gasteiger partial charge is 0.123 e. The van der Waals surface area contributed by atoms with Crippen molar-refractivity contribution in [3.05, 3.63) is 65.5 Å². The zero-order valence-electron chi connectivity index (χ0n) is 12.5. The normalized spacial score (nSPS) is 10.8. The zero-order chi connectivity index (χ0) is 15.6. The molecule has 0 radical (unpaired) electrons. The lowest BCUT2D eigenvalue weighted by Crippen LogP contribution is -2.15. The minimum Gasteiger partial charge on any atom is -0.489 e. The number of nitrogens with one attached hydrogen (secondary N) is 1. The molecule has 0 atom stereocenters. The summed E-state index contributed by atoms with van der Waals surface area (Å²) in [5, 5.41) is 6.85. The Bertz CT molecular complexity index is 600. The summed E-state index contributed by atoms with van der Waals surface area (Å²) in [6.07, 6.45) is 1.66. The Kier molecular flexibility index (Phi) is 6.39. The minimum atomic E-state index is -0.250. The third-order valence-corrected chi connectivity index (χ3v) is 2.96. The van der Waals surface area contributed by atoms with Gasteiger partial charge in [-0.05, 0) is 35.4 Å². The fourth-order valence-corrected chi connectivity index (χ4v) is 1.89. The summed E-state index contributed by atoms with van der Waals surface area (Å²) in [5.41, 5.74) is 1.95. The Morgan fingerprint density at radius 3 is 2.68 bits per heavy atom. The van der Waals surface area contributed by atoms with Crippen LogP contribution in [0, 0.1) is 5.82 Å². The average molecular weight is 302 g/mol. The number of halogens is 1. The van der Waals surface area contributed by atoms with Crippen LogP contribution in [0.25, 0.3) is 0 Å². The largest absolute Gasteiger partial charge is 0.489 e. The van der Waals surface area contributed by atoms with Crippen LogP contribution in [0.3, 0.4) is 0 Å². The highest BCUT2D eigenvalue weighted by Crippen LogP contribution is 2.14. The van der Waals surface area contributed by atoms with Gasteiger partial charge in [-0.1, -0.05) is 29.4 Å². The molecule has 5 heteroatoms. The molecule has 0 saturated carbocycles. The molecular weight excluding hydrogens is 283 g/mol. The summed E-state index contributed by atoms with van der Waals surface area (Å²) in [4.78, 5) is 4.57. The predicted octanol–water partition coefficient (Wildman–Crippen LogP) is 3.13. The number of rotatable bonds is 8. The third-order valence-electron chi connectivity index (χ3n) is 2.96. The second kappa shape index (κ2) is 8.79. The van der Waals surface area contributed by atoms with Crippen molar-refractivity contribution in [3.63, 3.8) is 0 Å². The topological polar surface area (TPSA) is 42.8 Å². The first-order valence-electron chi connectivity index (χ1n) is 7.00. The lowest BCUT2D eigenvalue weighted by molar-refractivity contribution is 0.214. The summed E-state index contributed by atoms with van der Waals surface area (Å²) in [6.45, 7) is 1.73. The average Bonchev–Trinajstić information content (AvgIpc) is 2.54. The van der Waals surface area contributed by atoms with Crippen LogP contribution in [0.1, 0.15) is 11.1 Å². The van der Waals surface area contributed by atoms with Crippen LogP contribution < -0.4 is 10.1 Å². The highest BCUT2D eigenvalue weighted by Gasteiger charge is 1.98. The number of hydrogen-bond donors (Lipinski definition) is 1. The van der Waals surface area contributed by atoms with E-state index in [1.54, 1.807) is 12.3 Å². The van der Waals surface area contributed by atoms with E-state index in [2.05, 4.69) is 15.3 Å². The Balaban J connectivity index is 1.78. The third kappa shape index (κ3) is 5.54. The molecular formula is C17H19FN2O2. The fraction of sp³-hybridized carbons (Fsp3) is 0.235. The maximum absolute atomic E-state index is 13.1. The molecule has 0 spiro atoms. The van der Waals surface area contributed by atoms with Crippen molar-refractivity contribution in [3.8, 4) is 5.75 Å². The Morgan fingerprint density at radius 1 is 1.14 bits per heavy atom. The number of ether oxygens (including phenoxy) is 1. The molecule has 22 heavy (non-hydrogen) atoms. The van der Waals surface area contributed by atoms with E-state index in [-0.39, 0.29) is 5.82 Å². The second-order valence-electron chi connectivity index (χ2n) is 4.66. The fourth-order valence-electron chi connectivity index (χ4n) is 1.89. The van der Waals surface area contributed by atoms with E-state index in [4.69, 9.17) is 4.74 Å². The molecule has 0 bridgehead atoms. The van der Waals surface area contributed by atoms with Gasteiger partial charge in [-0.15, -0.1) is 0 Å². The molecule has 4 nitrogen and oxygen atoms in total. The van der Waals surface area contributed by atoms with Crippen LogP contribution in [-0.4, -0.2) is 19.9 Å². The van der Waals surface area contributed by atoms with Gasteiger partial charge in [0.05, 0.1) is 6.21 Å². The first-order chi connectivity index (χ1) is 10.8. The Morgan fingerprint density at radius 2 is 1.95 bits per heavy atom. The number of hydrogen-bond acceptors (Lipinski definition) is 4. The lowest BCUT2D eigenvalue weighted by atomic mass is 10.2. The maximum atomic E-state index is 13.1. The van der Waals surface area contributed by atoms with Gasteiger partial charge in [0.2, 0.25) is 0 Å². The van der Waals surface area contributed by atoms with Crippen LogP contribution in [0.15, 0.2) is 53.7 Å². The van der Waals surface area contributed by atoms with Crippen molar-refractivity contribution in [2.24, 2.45) is 5.16 Å². The molecule has 0 aromatic heterocycles. The molecule has 0 fully saturated rings. The van der Waals surface area contributed by atoms with Crippen LogP contribution in [-0.2, 0) is 18.0 Å². The van der Waals surface area contributed by atoms with E-state index >= 15 is 0 Å². The SMILES string of the molecule is CO/N=C/CNCc1ccc(OCc2cccc(F)c2)cc1. The molecule has 0 saturated heterocycles. The second-order valence-corrected chi connectivity index (χ2v) is 4.66. The van der Waals surface area contributed by atoms with Crippen LogP contribution in [0.4, 0.5) is 4.39 Å². The van der Waals surface area contributed by atoms with Gasteiger partial charge in [0.15, 0.2) is 0 Å². The Hall–Kier alpha value is -2.40. The van der Waals surface area contributed by atoms with E-state index in [0.717, 1.165) is 23.4 Å². The number of nitrogens with zero attached hydrogens (tertiary/aromatic N) is 1. The van der Waals surface area contributed by atoms with Crippen molar-refractivity contribution >= 4 is 6.21 Å². The van der Waals surface area contributed by atoms with E-state index in [0.29, 0.717) is 13.2 Å².